The fourth-order valence-corrected chi connectivity index (χ4v) is 4.87. The third kappa shape index (κ3) is 4.00. The van der Waals surface area contributed by atoms with Crippen LogP contribution in [0.4, 0.5) is 0 Å². The van der Waals surface area contributed by atoms with E-state index >= 15 is 0 Å². The molecule has 0 spiro atoms. The molecule has 0 atom stereocenters. The van der Waals surface area contributed by atoms with Gasteiger partial charge >= 0.3 is 0 Å². The fraction of sp³-hybridized carbons (Fsp3) is 0.0769. The number of fused-ring (bicyclic) bond motifs is 1. The molecule has 4 heteroatoms. The number of nitrogens with one attached hydrogen (secondary N) is 1. The van der Waals surface area contributed by atoms with E-state index in [0.29, 0.717) is 16.0 Å². The Kier molecular flexibility index (Phi) is 5.42. The number of aromatic amines is 1. The van der Waals surface area contributed by atoms with Gasteiger partial charge in [-0.3, -0.25) is 9.00 Å². The van der Waals surface area contributed by atoms with Crippen molar-refractivity contribution in [3.05, 3.63) is 108 Å². The van der Waals surface area contributed by atoms with Crippen LogP contribution in [0.25, 0.3) is 22.6 Å². The highest BCUT2D eigenvalue weighted by Crippen LogP contribution is 2.30. The normalized spacial score (nSPS) is 12.1. The van der Waals surface area contributed by atoms with Crippen molar-refractivity contribution >= 4 is 42.7 Å². The highest BCUT2D eigenvalue weighted by atomic mass is 32.2. The van der Waals surface area contributed by atoms with Gasteiger partial charge in [0.2, 0.25) is 5.78 Å². The van der Waals surface area contributed by atoms with E-state index < -0.39 is 9.52 Å². The zero-order valence-electron chi connectivity index (χ0n) is 17.0. The Labute approximate surface area is 177 Å². The molecule has 1 N–H and O–H groups in total. The first-order valence-corrected chi connectivity index (χ1v) is 12.1. The molecule has 0 aliphatic rings. The number of carbonyl (C=O) groups excluding carboxylic acids is 1. The maximum absolute atomic E-state index is 13.6. The summed E-state index contributed by atoms with van der Waals surface area (Å²) in [7, 11) is -2.59. The number of H-pyrrole nitrogens is 1. The summed E-state index contributed by atoms with van der Waals surface area (Å²) in [5, 5.41) is 0.988. The smallest absolute Gasteiger partial charge is 0.201 e. The lowest BCUT2D eigenvalue weighted by molar-refractivity contribution is 0.106. The predicted molar refractivity (Wildman–Crippen MR) is 128 cm³/mol. The van der Waals surface area contributed by atoms with Gasteiger partial charge in [-0.15, -0.1) is 0 Å². The largest absolute Gasteiger partial charge is 0.361 e. The van der Waals surface area contributed by atoms with Crippen molar-refractivity contribution in [2.24, 2.45) is 0 Å². The summed E-state index contributed by atoms with van der Waals surface area (Å²) in [4.78, 5) is 17.2. The lowest BCUT2D eigenvalue weighted by atomic mass is 9.94. The molecule has 3 aromatic carbocycles. The second kappa shape index (κ2) is 8.17. The number of aromatic nitrogens is 1. The van der Waals surface area contributed by atoms with Crippen LogP contribution in [0.5, 0.6) is 0 Å². The van der Waals surface area contributed by atoms with Crippen molar-refractivity contribution in [3.8, 4) is 0 Å². The second-order valence-electron chi connectivity index (χ2n) is 7.47. The molecule has 150 valence electrons. The highest BCUT2D eigenvalue weighted by Gasteiger charge is 2.24. The molecule has 1 aromatic heterocycles. The average molecular weight is 414 g/mol. The van der Waals surface area contributed by atoms with Crippen LogP contribution in [0.1, 0.15) is 21.5 Å². The van der Waals surface area contributed by atoms with Crippen molar-refractivity contribution < 1.29 is 9.00 Å². The maximum Gasteiger partial charge on any atom is 0.201 e. The Bertz CT molecular complexity index is 1350. The molecule has 0 unspecified atom stereocenters. The van der Waals surface area contributed by atoms with Gasteiger partial charge in [-0.25, -0.2) is 0 Å². The minimum Gasteiger partial charge on any atom is -0.361 e. The van der Waals surface area contributed by atoms with Crippen LogP contribution in [0.3, 0.4) is 0 Å². The van der Waals surface area contributed by atoms with Gasteiger partial charge in [0.05, 0.1) is 4.86 Å². The Balaban J connectivity index is 2.02. The van der Waals surface area contributed by atoms with Crippen LogP contribution in [0.15, 0.2) is 91.1 Å². The van der Waals surface area contributed by atoms with Crippen LogP contribution < -0.4 is 0 Å². The SMILES string of the molecule is CS(C)(=O)=C(C(=O)c1ccccc1)/C(=C\c1ccccc1)c1c[nH]c2ccccc12. The van der Waals surface area contributed by atoms with E-state index in [1.54, 1.807) is 24.6 Å². The lowest BCUT2D eigenvalue weighted by Gasteiger charge is -2.15. The van der Waals surface area contributed by atoms with E-state index in [0.717, 1.165) is 22.0 Å². The van der Waals surface area contributed by atoms with Crippen LogP contribution in [0.2, 0.25) is 0 Å². The van der Waals surface area contributed by atoms with Crippen LogP contribution in [-0.2, 0) is 9.52 Å². The number of allylic oxidation sites excluding steroid dienone is 1. The molecule has 0 saturated heterocycles. The van der Waals surface area contributed by atoms with Crippen molar-refractivity contribution in [1.82, 2.24) is 4.98 Å². The number of hydrogen-bond acceptors (Lipinski definition) is 2. The third-order valence-corrected chi connectivity index (χ3v) is 6.36. The Hall–Kier alpha value is -3.37. The molecule has 0 bridgehead atoms. The third-order valence-electron chi connectivity index (χ3n) is 4.97. The molecular weight excluding hydrogens is 390 g/mol. The van der Waals surface area contributed by atoms with Crippen molar-refractivity contribution in [2.75, 3.05) is 12.5 Å². The Morgan fingerprint density at radius 1 is 0.833 bits per heavy atom. The van der Waals surface area contributed by atoms with E-state index in [2.05, 4.69) is 4.98 Å². The monoisotopic (exact) mass is 413 g/mol. The topological polar surface area (TPSA) is 49.9 Å². The van der Waals surface area contributed by atoms with Gasteiger partial charge < -0.3 is 4.98 Å². The zero-order valence-corrected chi connectivity index (χ0v) is 17.8. The maximum atomic E-state index is 13.6. The average Bonchev–Trinajstić information content (AvgIpc) is 3.18. The van der Waals surface area contributed by atoms with Crippen LogP contribution >= 0.6 is 0 Å². The van der Waals surface area contributed by atoms with E-state index in [-0.39, 0.29) is 5.78 Å². The van der Waals surface area contributed by atoms with Gasteiger partial charge in [0.1, 0.15) is 0 Å². The Morgan fingerprint density at radius 3 is 2.10 bits per heavy atom. The van der Waals surface area contributed by atoms with Crippen LogP contribution in [0, 0.1) is 0 Å². The van der Waals surface area contributed by atoms with E-state index in [4.69, 9.17) is 0 Å². The van der Waals surface area contributed by atoms with Gasteiger partial charge in [-0.1, -0.05) is 78.9 Å². The van der Waals surface area contributed by atoms with Gasteiger partial charge in [-0.2, -0.15) is 0 Å². The number of Topliss-reactive ketones (excluding diaryl/α,β-unsaturated/α-hetero) is 1. The lowest BCUT2D eigenvalue weighted by Crippen LogP contribution is -2.24. The minimum atomic E-state index is -2.59. The molecule has 0 aliphatic carbocycles. The molecule has 3 nitrogen and oxygen atoms in total. The first-order chi connectivity index (χ1) is 14.4. The van der Waals surface area contributed by atoms with Crippen molar-refractivity contribution in [3.63, 3.8) is 0 Å². The molecule has 0 fully saturated rings. The molecule has 4 rings (SSSR count). The standard InChI is InChI=1S/C26H23NO2S/c1-30(2,29)26(25(28)20-13-7-4-8-14-20)22(17-19-11-5-3-6-12-19)23-18-27-24-16-10-9-15-21(23)24/h3-18,27H,1-2H3/b22-17-. The summed E-state index contributed by atoms with van der Waals surface area (Å²) in [5.41, 5.74) is 3.99. The summed E-state index contributed by atoms with van der Waals surface area (Å²) in [6.07, 6.45) is 7.12. The molecule has 4 aromatic rings. The number of rotatable bonds is 5. The van der Waals surface area contributed by atoms with Gasteiger partial charge in [-0.05, 0) is 27.2 Å². The quantitative estimate of drug-likeness (QED) is 0.274. The second-order valence-corrected chi connectivity index (χ2v) is 10.3. The van der Waals surface area contributed by atoms with E-state index in [1.807, 2.05) is 85.1 Å². The molecule has 0 aliphatic heterocycles. The first kappa shape index (κ1) is 19.9. The summed E-state index contributed by atoms with van der Waals surface area (Å²) in [6.45, 7) is 0. The fourth-order valence-electron chi connectivity index (χ4n) is 3.61. The highest BCUT2D eigenvalue weighted by molar-refractivity contribution is 8.03. The summed E-state index contributed by atoms with van der Waals surface area (Å²) >= 11 is 0. The molecule has 0 radical (unpaired) electrons. The zero-order chi connectivity index (χ0) is 21.1. The number of carbonyl (C=O) groups is 1. The molecule has 30 heavy (non-hydrogen) atoms. The predicted octanol–water partition coefficient (Wildman–Crippen LogP) is 5.31. The molecule has 0 saturated carbocycles. The number of para-hydroxylation sites is 1. The summed E-state index contributed by atoms with van der Waals surface area (Å²) < 4.78 is 13.5. The van der Waals surface area contributed by atoms with Gasteiger partial charge in [0, 0.05) is 46.3 Å². The van der Waals surface area contributed by atoms with Crippen molar-refractivity contribution in [2.45, 2.75) is 0 Å². The van der Waals surface area contributed by atoms with Crippen molar-refractivity contribution in [1.29, 1.82) is 0 Å². The van der Waals surface area contributed by atoms with Gasteiger partial charge in [0.15, 0.2) is 0 Å². The minimum absolute atomic E-state index is 0.210. The number of hydrogen-bond donors (Lipinski definition) is 1. The summed E-state index contributed by atoms with van der Waals surface area (Å²) in [5.74, 6) is -0.210. The van der Waals surface area contributed by atoms with E-state index in [1.165, 1.54) is 0 Å². The summed E-state index contributed by atoms with van der Waals surface area (Å²) in [6, 6.07) is 26.8. The number of benzene rings is 3. The van der Waals surface area contributed by atoms with Crippen LogP contribution in [-0.4, -0.2) is 32.4 Å². The molecular formula is C26H23NO2S. The first-order valence-electron chi connectivity index (χ1n) is 9.69. The number of ketones is 1. The molecule has 1 heterocycles. The Morgan fingerprint density at radius 2 is 1.43 bits per heavy atom. The molecule has 0 amide bonds. The van der Waals surface area contributed by atoms with Gasteiger partial charge in [0.25, 0.3) is 0 Å². The van der Waals surface area contributed by atoms with E-state index in [9.17, 15) is 9.00 Å².